The summed E-state index contributed by atoms with van der Waals surface area (Å²) in [7, 11) is 0. The molecule has 0 bridgehead atoms. The summed E-state index contributed by atoms with van der Waals surface area (Å²) in [5.41, 5.74) is 1.04. The van der Waals surface area contributed by atoms with Gasteiger partial charge in [-0.1, -0.05) is 0 Å². The van der Waals surface area contributed by atoms with E-state index in [9.17, 15) is 4.79 Å². The lowest BCUT2D eigenvalue weighted by Gasteiger charge is -2.16. The van der Waals surface area contributed by atoms with Gasteiger partial charge in [0.05, 0.1) is 25.0 Å². The van der Waals surface area contributed by atoms with Gasteiger partial charge in [-0.2, -0.15) is 5.10 Å². The average Bonchev–Trinajstić information content (AvgIpc) is 3.27. The van der Waals surface area contributed by atoms with Crippen LogP contribution in [0.25, 0.3) is 0 Å². The molecule has 0 amide bonds. The van der Waals surface area contributed by atoms with Gasteiger partial charge in [-0.25, -0.2) is 4.68 Å². The van der Waals surface area contributed by atoms with E-state index in [1.54, 1.807) is 6.20 Å². The molecule has 1 heterocycles. The van der Waals surface area contributed by atoms with E-state index in [4.69, 9.17) is 5.11 Å². The highest BCUT2D eigenvalue weighted by Gasteiger charge is 2.53. The van der Waals surface area contributed by atoms with Crippen molar-refractivity contribution in [3.63, 3.8) is 0 Å². The van der Waals surface area contributed by atoms with Crippen LogP contribution in [0.3, 0.4) is 0 Å². The number of rotatable bonds is 6. The summed E-state index contributed by atoms with van der Waals surface area (Å²) < 4.78 is 1.77. The van der Waals surface area contributed by atoms with Crippen LogP contribution in [0.4, 0.5) is 5.69 Å². The van der Waals surface area contributed by atoms with Crippen LogP contribution in [0.1, 0.15) is 25.7 Å². The maximum Gasteiger partial charge on any atom is 0.283 e. The number of nitrogens with one attached hydrogen (secondary N) is 1. The molecule has 5 nitrogen and oxygen atoms in total. The molecule has 0 atom stereocenters. The zero-order valence-electron chi connectivity index (χ0n) is 10.7. The van der Waals surface area contributed by atoms with Crippen LogP contribution < -0.4 is 10.9 Å². The summed E-state index contributed by atoms with van der Waals surface area (Å²) in [6.45, 7) is 1.07. The van der Waals surface area contributed by atoms with E-state index in [1.807, 2.05) is 0 Å². The Morgan fingerprint density at radius 1 is 1.53 bits per heavy atom. The largest absolute Gasteiger partial charge is 0.394 e. The van der Waals surface area contributed by atoms with Gasteiger partial charge in [0.1, 0.15) is 4.47 Å². The zero-order valence-corrected chi connectivity index (χ0v) is 12.3. The van der Waals surface area contributed by atoms with Gasteiger partial charge in [-0.15, -0.1) is 0 Å². The van der Waals surface area contributed by atoms with Gasteiger partial charge >= 0.3 is 0 Å². The monoisotopic (exact) mass is 327 g/mol. The molecule has 1 aromatic rings. The smallest absolute Gasteiger partial charge is 0.283 e. The molecule has 104 valence electrons. The summed E-state index contributed by atoms with van der Waals surface area (Å²) in [5, 5.41) is 16.3. The topological polar surface area (TPSA) is 67.2 Å². The van der Waals surface area contributed by atoms with Crippen molar-refractivity contribution >= 4 is 21.6 Å². The van der Waals surface area contributed by atoms with Crippen molar-refractivity contribution in [3.05, 3.63) is 21.0 Å². The third-order valence-corrected chi connectivity index (χ3v) is 5.03. The van der Waals surface area contributed by atoms with Gasteiger partial charge in [0.2, 0.25) is 0 Å². The van der Waals surface area contributed by atoms with Gasteiger partial charge in [-0.05, 0) is 52.9 Å². The fraction of sp³-hybridized carbons (Fsp3) is 0.692. The first-order valence-electron chi connectivity index (χ1n) is 6.77. The number of hydrogen-bond donors (Lipinski definition) is 2. The van der Waals surface area contributed by atoms with Crippen molar-refractivity contribution in [2.24, 2.45) is 11.3 Å². The molecule has 3 rings (SSSR count). The van der Waals surface area contributed by atoms with Gasteiger partial charge in [0.25, 0.3) is 5.56 Å². The van der Waals surface area contributed by atoms with E-state index in [0.29, 0.717) is 9.89 Å². The molecule has 0 aliphatic heterocycles. The molecule has 0 spiro atoms. The number of aromatic nitrogens is 2. The number of aliphatic hydroxyl groups is 1. The van der Waals surface area contributed by atoms with Crippen molar-refractivity contribution < 1.29 is 5.11 Å². The lowest BCUT2D eigenvalue weighted by molar-refractivity contribution is 0.266. The predicted octanol–water partition coefficient (Wildman–Crippen LogP) is 1.60. The van der Waals surface area contributed by atoms with Crippen molar-refractivity contribution in [2.45, 2.75) is 32.2 Å². The van der Waals surface area contributed by atoms with Crippen molar-refractivity contribution in [1.82, 2.24) is 9.78 Å². The predicted molar refractivity (Wildman–Crippen MR) is 76.2 cm³/mol. The van der Waals surface area contributed by atoms with E-state index in [0.717, 1.165) is 18.2 Å². The van der Waals surface area contributed by atoms with Crippen LogP contribution in [0, 0.1) is 11.3 Å². The first-order valence-corrected chi connectivity index (χ1v) is 7.56. The minimum absolute atomic E-state index is 0.0864. The maximum absolute atomic E-state index is 12.0. The average molecular weight is 328 g/mol. The molecule has 0 aromatic carbocycles. The Hall–Kier alpha value is -0.880. The third kappa shape index (κ3) is 2.56. The van der Waals surface area contributed by atoms with Crippen LogP contribution in [0.5, 0.6) is 0 Å². The molecular formula is C13H18BrN3O2. The molecule has 2 aliphatic rings. The highest BCUT2D eigenvalue weighted by atomic mass is 79.9. The highest BCUT2D eigenvalue weighted by Crippen LogP contribution is 2.61. The molecular weight excluding hydrogens is 310 g/mol. The van der Waals surface area contributed by atoms with E-state index < -0.39 is 0 Å². The normalized spacial score (nSPS) is 20.3. The van der Waals surface area contributed by atoms with Gasteiger partial charge in [0.15, 0.2) is 0 Å². The van der Waals surface area contributed by atoms with Crippen LogP contribution in [-0.4, -0.2) is 28.0 Å². The molecule has 1 aromatic heterocycles. The Balaban J connectivity index is 1.71. The highest BCUT2D eigenvalue weighted by molar-refractivity contribution is 9.10. The van der Waals surface area contributed by atoms with E-state index in [1.165, 1.54) is 30.4 Å². The summed E-state index contributed by atoms with van der Waals surface area (Å²) >= 11 is 3.32. The minimum atomic E-state index is -0.199. The first kappa shape index (κ1) is 13.1. The fourth-order valence-electron chi connectivity index (χ4n) is 2.70. The Kier molecular flexibility index (Phi) is 3.39. The Morgan fingerprint density at radius 3 is 2.84 bits per heavy atom. The standard InChI is InChI=1S/C13H18BrN3O2/c14-11-10(7-16-17(5-6-18)12(11)19)15-8-13(3-4-13)9-1-2-9/h7,9,15,18H,1-6,8H2. The van der Waals surface area contributed by atoms with Crippen LogP contribution in [-0.2, 0) is 6.54 Å². The number of hydrogen-bond acceptors (Lipinski definition) is 4. The second-order valence-electron chi connectivity index (χ2n) is 5.61. The van der Waals surface area contributed by atoms with Crippen LogP contribution in [0.2, 0.25) is 0 Å². The zero-order chi connectivity index (χ0) is 13.5. The van der Waals surface area contributed by atoms with E-state index in [2.05, 4.69) is 26.3 Å². The van der Waals surface area contributed by atoms with Crippen molar-refractivity contribution in [1.29, 1.82) is 0 Å². The maximum atomic E-state index is 12.0. The van der Waals surface area contributed by atoms with Crippen LogP contribution in [0.15, 0.2) is 15.5 Å². The minimum Gasteiger partial charge on any atom is -0.394 e. The van der Waals surface area contributed by atoms with Crippen molar-refractivity contribution in [2.75, 3.05) is 18.5 Å². The number of anilines is 1. The molecule has 2 N–H and O–H groups in total. The van der Waals surface area contributed by atoms with Gasteiger partial charge < -0.3 is 10.4 Å². The van der Waals surface area contributed by atoms with E-state index in [-0.39, 0.29) is 18.7 Å². The first-order chi connectivity index (χ1) is 9.16. The number of nitrogens with zero attached hydrogens (tertiary/aromatic N) is 2. The molecule has 0 unspecified atom stereocenters. The fourth-order valence-corrected chi connectivity index (χ4v) is 3.15. The van der Waals surface area contributed by atoms with Gasteiger partial charge in [-0.3, -0.25) is 4.79 Å². The van der Waals surface area contributed by atoms with E-state index >= 15 is 0 Å². The molecule has 2 aliphatic carbocycles. The molecule has 0 radical (unpaired) electrons. The number of halogens is 1. The van der Waals surface area contributed by atoms with Gasteiger partial charge in [0, 0.05) is 6.54 Å². The quantitative estimate of drug-likeness (QED) is 0.832. The SMILES string of the molecule is O=c1c(Br)c(NCC2(C3CC3)CC2)cnn1CCO. The second-order valence-corrected chi connectivity index (χ2v) is 6.41. The lowest BCUT2D eigenvalue weighted by Crippen LogP contribution is -2.27. The number of aliphatic hydroxyl groups excluding tert-OH is 1. The summed E-state index contributed by atoms with van der Waals surface area (Å²) in [5.74, 6) is 0.890. The molecule has 6 heteroatoms. The Morgan fingerprint density at radius 2 is 2.26 bits per heavy atom. The summed E-state index contributed by atoms with van der Waals surface area (Å²) in [4.78, 5) is 12.0. The summed E-state index contributed by atoms with van der Waals surface area (Å²) in [6, 6.07) is 0. The lowest BCUT2D eigenvalue weighted by atomic mass is 10.0. The summed E-state index contributed by atoms with van der Waals surface area (Å²) in [6.07, 6.45) is 6.98. The second kappa shape index (κ2) is 4.90. The van der Waals surface area contributed by atoms with Crippen LogP contribution >= 0.6 is 15.9 Å². The van der Waals surface area contributed by atoms with Crippen molar-refractivity contribution in [3.8, 4) is 0 Å². The molecule has 2 saturated carbocycles. The molecule has 2 fully saturated rings. The molecule has 19 heavy (non-hydrogen) atoms. The third-order valence-electron chi connectivity index (χ3n) is 4.26. The molecule has 0 saturated heterocycles. The Bertz CT molecular complexity index is 535. The Labute approximate surface area is 120 Å².